The molecule has 3 amide bonds. The minimum absolute atomic E-state index is 0.0748. The number of carbonyl (C=O) groups is 3. The Bertz CT molecular complexity index is 908. The van der Waals surface area contributed by atoms with Crippen molar-refractivity contribution in [3.8, 4) is 0 Å². The monoisotopic (exact) mass is 403 g/mol. The molecule has 0 aromatic heterocycles. The SMILES string of the molecule is O=C(NCC(=O)N1CCOC(c2ccccc2)C1)C(=O)Nc1ccc(F)c(F)c1. The molecule has 152 valence electrons. The van der Waals surface area contributed by atoms with Crippen LogP contribution in [0.4, 0.5) is 14.5 Å². The van der Waals surface area contributed by atoms with Crippen LogP contribution in [0.2, 0.25) is 0 Å². The van der Waals surface area contributed by atoms with Crippen molar-refractivity contribution in [3.63, 3.8) is 0 Å². The number of hydrogen-bond donors (Lipinski definition) is 2. The third-order valence-corrected chi connectivity index (χ3v) is 4.37. The summed E-state index contributed by atoms with van der Waals surface area (Å²) in [6.07, 6.45) is -0.263. The number of halogens is 2. The number of hydrogen-bond acceptors (Lipinski definition) is 4. The molecule has 2 aromatic carbocycles. The van der Waals surface area contributed by atoms with Crippen molar-refractivity contribution in [1.29, 1.82) is 0 Å². The van der Waals surface area contributed by atoms with Gasteiger partial charge in [0.05, 0.1) is 19.7 Å². The Morgan fingerprint density at radius 3 is 2.52 bits per heavy atom. The van der Waals surface area contributed by atoms with Crippen LogP contribution >= 0.6 is 0 Å². The Balaban J connectivity index is 1.49. The van der Waals surface area contributed by atoms with Crippen LogP contribution in [0.1, 0.15) is 11.7 Å². The van der Waals surface area contributed by atoms with Crippen molar-refractivity contribution in [2.45, 2.75) is 6.10 Å². The molecule has 3 rings (SSSR count). The highest BCUT2D eigenvalue weighted by atomic mass is 19.2. The van der Waals surface area contributed by atoms with Gasteiger partial charge in [-0.1, -0.05) is 30.3 Å². The lowest BCUT2D eigenvalue weighted by molar-refractivity contribution is -0.141. The van der Waals surface area contributed by atoms with Gasteiger partial charge in [0.2, 0.25) is 5.91 Å². The fourth-order valence-corrected chi connectivity index (χ4v) is 2.85. The van der Waals surface area contributed by atoms with Crippen LogP contribution in [0.15, 0.2) is 48.5 Å². The number of nitrogens with one attached hydrogen (secondary N) is 2. The van der Waals surface area contributed by atoms with Crippen molar-refractivity contribution >= 4 is 23.4 Å². The largest absolute Gasteiger partial charge is 0.370 e. The number of carbonyl (C=O) groups excluding carboxylic acids is 3. The van der Waals surface area contributed by atoms with Gasteiger partial charge in [-0.25, -0.2) is 8.78 Å². The van der Waals surface area contributed by atoms with E-state index in [1.807, 2.05) is 30.3 Å². The van der Waals surface area contributed by atoms with E-state index in [4.69, 9.17) is 4.74 Å². The smallest absolute Gasteiger partial charge is 0.313 e. The van der Waals surface area contributed by atoms with E-state index in [0.717, 1.165) is 23.8 Å². The molecule has 1 saturated heterocycles. The van der Waals surface area contributed by atoms with Gasteiger partial charge in [-0.3, -0.25) is 14.4 Å². The summed E-state index contributed by atoms with van der Waals surface area (Å²) in [6.45, 7) is 0.695. The van der Waals surface area contributed by atoms with E-state index >= 15 is 0 Å². The van der Waals surface area contributed by atoms with Crippen molar-refractivity contribution < 1.29 is 27.9 Å². The van der Waals surface area contributed by atoms with Gasteiger partial charge in [-0.05, 0) is 17.7 Å². The van der Waals surface area contributed by atoms with E-state index in [9.17, 15) is 23.2 Å². The molecule has 9 heteroatoms. The van der Waals surface area contributed by atoms with Gasteiger partial charge in [0.1, 0.15) is 6.10 Å². The van der Waals surface area contributed by atoms with E-state index in [0.29, 0.717) is 19.7 Å². The fraction of sp³-hybridized carbons (Fsp3) is 0.250. The maximum atomic E-state index is 13.2. The number of anilines is 1. The van der Waals surface area contributed by atoms with Crippen LogP contribution in [0, 0.1) is 11.6 Å². The lowest BCUT2D eigenvalue weighted by Crippen LogP contribution is -2.48. The zero-order valence-corrected chi connectivity index (χ0v) is 15.4. The van der Waals surface area contributed by atoms with Gasteiger partial charge >= 0.3 is 11.8 Å². The second-order valence-electron chi connectivity index (χ2n) is 6.38. The average Bonchev–Trinajstić information content (AvgIpc) is 2.75. The predicted octanol–water partition coefficient (Wildman–Crippen LogP) is 1.62. The summed E-state index contributed by atoms with van der Waals surface area (Å²) in [5.74, 6) is -4.73. The van der Waals surface area contributed by atoms with Gasteiger partial charge in [0.25, 0.3) is 0 Å². The van der Waals surface area contributed by atoms with E-state index in [1.54, 1.807) is 4.90 Å². The molecule has 2 aromatic rings. The van der Waals surface area contributed by atoms with Gasteiger partial charge < -0.3 is 20.3 Å². The Hall–Kier alpha value is -3.33. The van der Waals surface area contributed by atoms with Crippen molar-refractivity contribution in [2.24, 2.45) is 0 Å². The number of ether oxygens (including phenoxy) is 1. The summed E-state index contributed by atoms with van der Waals surface area (Å²) in [4.78, 5) is 37.7. The van der Waals surface area contributed by atoms with E-state index in [1.165, 1.54) is 0 Å². The molecule has 0 bridgehead atoms. The molecule has 29 heavy (non-hydrogen) atoms. The van der Waals surface area contributed by atoms with Crippen molar-refractivity contribution in [1.82, 2.24) is 10.2 Å². The standard InChI is InChI=1S/C20H19F2N3O4/c21-15-7-6-14(10-16(15)22)24-20(28)19(27)23-11-18(26)25-8-9-29-17(12-25)13-4-2-1-3-5-13/h1-7,10,17H,8-9,11-12H2,(H,23,27)(H,24,28). The Morgan fingerprint density at radius 1 is 1.03 bits per heavy atom. The maximum absolute atomic E-state index is 13.2. The highest BCUT2D eigenvalue weighted by Gasteiger charge is 2.26. The minimum Gasteiger partial charge on any atom is -0.370 e. The van der Waals surface area contributed by atoms with Crippen LogP contribution < -0.4 is 10.6 Å². The van der Waals surface area contributed by atoms with Gasteiger partial charge in [0.15, 0.2) is 11.6 Å². The molecule has 0 saturated carbocycles. The van der Waals surface area contributed by atoms with E-state index in [2.05, 4.69) is 10.6 Å². The summed E-state index contributed by atoms with van der Waals surface area (Å²) in [6, 6.07) is 12.2. The van der Waals surface area contributed by atoms with Gasteiger partial charge in [0, 0.05) is 18.3 Å². The molecule has 1 atom stereocenters. The van der Waals surface area contributed by atoms with Crippen LogP contribution in [0.3, 0.4) is 0 Å². The van der Waals surface area contributed by atoms with Gasteiger partial charge in [-0.15, -0.1) is 0 Å². The second kappa shape index (κ2) is 9.24. The van der Waals surface area contributed by atoms with Crippen LogP contribution in [0.25, 0.3) is 0 Å². The third kappa shape index (κ3) is 5.35. The van der Waals surface area contributed by atoms with Crippen molar-refractivity contribution in [3.05, 3.63) is 65.7 Å². The summed E-state index contributed by atoms with van der Waals surface area (Å²) in [5, 5.41) is 4.37. The molecule has 1 fully saturated rings. The molecule has 1 unspecified atom stereocenters. The van der Waals surface area contributed by atoms with E-state index in [-0.39, 0.29) is 24.2 Å². The lowest BCUT2D eigenvalue weighted by Gasteiger charge is -2.33. The van der Waals surface area contributed by atoms with Crippen LogP contribution in [0.5, 0.6) is 0 Å². The Morgan fingerprint density at radius 2 is 1.79 bits per heavy atom. The molecule has 7 nitrogen and oxygen atoms in total. The highest BCUT2D eigenvalue weighted by Crippen LogP contribution is 2.21. The first-order valence-electron chi connectivity index (χ1n) is 8.92. The Labute approximate surface area is 165 Å². The second-order valence-corrected chi connectivity index (χ2v) is 6.38. The molecule has 1 aliphatic rings. The van der Waals surface area contributed by atoms with Gasteiger partial charge in [-0.2, -0.15) is 0 Å². The fourth-order valence-electron chi connectivity index (χ4n) is 2.85. The number of morpholine rings is 1. The molecule has 1 aliphatic heterocycles. The molecule has 1 heterocycles. The van der Waals surface area contributed by atoms with Crippen LogP contribution in [-0.4, -0.2) is 48.9 Å². The zero-order valence-electron chi connectivity index (χ0n) is 15.4. The molecule has 0 spiro atoms. The first kappa shape index (κ1) is 20.4. The molecular weight excluding hydrogens is 384 g/mol. The number of amides is 3. The predicted molar refractivity (Wildman–Crippen MR) is 99.7 cm³/mol. The molecule has 0 aliphatic carbocycles. The zero-order chi connectivity index (χ0) is 20.8. The normalized spacial score (nSPS) is 16.2. The topological polar surface area (TPSA) is 87.7 Å². The quantitative estimate of drug-likeness (QED) is 0.760. The first-order valence-corrected chi connectivity index (χ1v) is 8.92. The molecule has 0 radical (unpaired) electrons. The first-order chi connectivity index (χ1) is 13.9. The number of rotatable bonds is 4. The summed E-state index contributed by atoms with van der Waals surface area (Å²) >= 11 is 0. The number of benzene rings is 2. The molecule has 2 N–H and O–H groups in total. The summed E-state index contributed by atoms with van der Waals surface area (Å²) in [5.41, 5.74) is 0.870. The van der Waals surface area contributed by atoms with E-state index < -0.39 is 23.4 Å². The highest BCUT2D eigenvalue weighted by molar-refractivity contribution is 6.39. The van der Waals surface area contributed by atoms with Crippen molar-refractivity contribution in [2.75, 3.05) is 31.6 Å². The number of nitrogens with zero attached hydrogens (tertiary/aromatic N) is 1. The maximum Gasteiger partial charge on any atom is 0.313 e. The third-order valence-electron chi connectivity index (χ3n) is 4.37. The summed E-state index contributed by atoms with van der Waals surface area (Å²) < 4.78 is 31.7. The minimum atomic E-state index is -1.15. The van der Waals surface area contributed by atoms with Crippen LogP contribution in [-0.2, 0) is 19.1 Å². The molecular formula is C20H19F2N3O4. The lowest BCUT2D eigenvalue weighted by atomic mass is 10.1. The summed E-state index contributed by atoms with van der Waals surface area (Å²) in [7, 11) is 0. The average molecular weight is 403 g/mol. The Kier molecular flexibility index (Phi) is 6.50.